The lowest BCUT2D eigenvalue weighted by Crippen LogP contribution is -2.30. The normalized spacial score (nSPS) is 14.8. The number of hydrogen-bond acceptors (Lipinski definition) is 15. The van der Waals surface area contributed by atoms with Gasteiger partial charge in [0.15, 0.2) is 12.2 Å². The van der Waals surface area contributed by atoms with Crippen molar-refractivity contribution in [3.63, 3.8) is 0 Å². The SMILES string of the molecule is CC/C=C\C/C=C\C/C=C\C/C=C\C/C=C\CCCCCC(=O)OCC(COP(=O)(O)OCC(O)COP(=O)(O)OCC(COC(=O)CCC/C=C\C/C=C\C/C=C\C/C=C\C/C=C\CC)OC(=O)CCCC/C=C\C/C=C\C/C=C\C/C=C\CC)OC(=O)CCCCCCCCCCCCCCC. The Morgan fingerprint density at radius 3 is 0.827 bits per heavy atom. The summed E-state index contributed by atoms with van der Waals surface area (Å²) in [4.78, 5) is 73.0. The van der Waals surface area contributed by atoms with Gasteiger partial charge in [0, 0.05) is 25.7 Å². The molecule has 19 heteroatoms. The number of hydrogen-bond donors (Lipinski definition) is 3. The van der Waals surface area contributed by atoms with Crippen LogP contribution in [0, 0.1) is 0 Å². The fourth-order valence-corrected chi connectivity index (χ4v) is 11.4. The Balaban J connectivity index is 5.47. The highest BCUT2D eigenvalue weighted by Gasteiger charge is 2.30. The molecule has 0 saturated carbocycles. The molecule has 0 aromatic heterocycles. The maximum Gasteiger partial charge on any atom is 0.472 e. The fourth-order valence-electron chi connectivity index (χ4n) is 9.80. The lowest BCUT2D eigenvalue weighted by Gasteiger charge is -2.21. The smallest absolute Gasteiger partial charge is 0.462 e. The molecule has 0 amide bonds. The Morgan fingerprint density at radius 1 is 0.279 bits per heavy atom. The molecule has 0 aromatic carbocycles. The zero-order chi connectivity index (χ0) is 76.0. The first kappa shape index (κ1) is 98.4. The summed E-state index contributed by atoms with van der Waals surface area (Å²) >= 11 is 0. The van der Waals surface area contributed by atoms with Crippen molar-refractivity contribution >= 4 is 39.5 Å². The van der Waals surface area contributed by atoms with Crippen LogP contribution in [0.25, 0.3) is 0 Å². The summed E-state index contributed by atoms with van der Waals surface area (Å²) in [5, 5.41) is 10.6. The van der Waals surface area contributed by atoms with E-state index in [9.17, 15) is 43.2 Å². The molecule has 0 aliphatic heterocycles. The number of aliphatic hydroxyl groups is 1. The van der Waals surface area contributed by atoms with Gasteiger partial charge in [-0.3, -0.25) is 37.3 Å². The van der Waals surface area contributed by atoms with Crippen LogP contribution in [-0.2, 0) is 65.4 Å². The van der Waals surface area contributed by atoms with E-state index < -0.39 is 97.5 Å². The Kier molecular flexibility index (Phi) is 71.6. The quantitative estimate of drug-likeness (QED) is 0.0169. The molecule has 0 aromatic rings. The molecule has 0 fully saturated rings. The zero-order valence-electron chi connectivity index (χ0n) is 64.4. The van der Waals surface area contributed by atoms with Gasteiger partial charge in [0.25, 0.3) is 0 Å². The Bertz CT molecular complexity index is 2640. The minimum absolute atomic E-state index is 0.0240. The summed E-state index contributed by atoms with van der Waals surface area (Å²) < 4.78 is 68.4. The van der Waals surface area contributed by atoms with Gasteiger partial charge in [-0.25, -0.2) is 9.13 Å². The van der Waals surface area contributed by atoms with Crippen molar-refractivity contribution in [3.8, 4) is 0 Å². The van der Waals surface area contributed by atoms with Gasteiger partial charge in [0.05, 0.1) is 26.4 Å². The summed E-state index contributed by atoms with van der Waals surface area (Å²) in [6.45, 7) is 4.37. The highest BCUT2D eigenvalue weighted by atomic mass is 31.2. The molecule has 3 N–H and O–H groups in total. The van der Waals surface area contributed by atoms with Crippen LogP contribution in [0.5, 0.6) is 0 Å². The molecule has 590 valence electrons. The molecule has 0 heterocycles. The van der Waals surface area contributed by atoms with Crippen LogP contribution < -0.4 is 0 Å². The highest BCUT2D eigenvalue weighted by Crippen LogP contribution is 2.45. The molecule has 0 rings (SSSR count). The van der Waals surface area contributed by atoms with Crippen molar-refractivity contribution in [2.45, 2.75) is 303 Å². The fraction of sp³-hybridized carbons (Fsp3) is 0.624. The van der Waals surface area contributed by atoms with Crippen LogP contribution in [-0.4, -0.2) is 96.7 Å². The van der Waals surface area contributed by atoms with E-state index in [-0.39, 0.29) is 25.7 Å². The summed E-state index contributed by atoms with van der Waals surface area (Å²) in [5.41, 5.74) is 0. The molecule has 0 aliphatic rings. The third-order valence-electron chi connectivity index (χ3n) is 15.7. The predicted molar refractivity (Wildman–Crippen MR) is 426 cm³/mol. The number of ether oxygens (including phenoxy) is 4. The van der Waals surface area contributed by atoms with Gasteiger partial charge in [0.1, 0.15) is 19.3 Å². The predicted octanol–water partition coefficient (Wildman–Crippen LogP) is 23.0. The van der Waals surface area contributed by atoms with Crippen LogP contribution >= 0.6 is 15.6 Å². The van der Waals surface area contributed by atoms with Gasteiger partial charge in [0.2, 0.25) is 0 Å². The van der Waals surface area contributed by atoms with Crippen molar-refractivity contribution in [2.75, 3.05) is 39.6 Å². The molecule has 5 atom stereocenters. The second-order valence-corrected chi connectivity index (χ2v) is 28.4. The van der Waals surface area contributed by atoms with E-state index >= 15 is 0 Å². The number of phosphoric acid groups is 2. The van der Waals surface area contributed by atoms with Crippen molar-refractivity contribution in [1.29, 1.82) is 0 Å². The van der Waals surface area contributed by atoms with E-state index in [4.69, 9.17) is 37.0 Å². The van der Waals surface area contributed by atoms with Gasteiger partial charge in [-0.05, 0) is 148 Å². The van der Waals surface area contributed by atoms with E-state index in [0.717, 1.165) is 141 Å². The lowest BCUT2D eigenvalue weighted by atomic mass is 10.0. The standard InChI is InChI=1S/C85H138O17P2/c1-5-9-13-17-21-25-29-33-36-38-39-41-44-47-50-54-58-62-66-70-83(88)95-75-80(101-84(89)71-67-63-59-55-51-45-32-28-24-20-16-12-8-4)77-99-103(91,92)97-73-79(86)74-98-104(93,94)100-78-81(102-85(90)72-68-64-60-56-52-48-42-35-31-27-23-19-15-11-7-3)76-96-82(87)69-65-61-57-53-49-46-43-40-37-34-30-26-22-18-14-10-6-2/h9-11,13-15,21-23,25-27,33-37,39,41-43,46-47,50,52-53,56-57,79-81,86H,5-8,12,16-20,24,28-32,38,40,44-45,48-49,51,54-55,58-78H2,1-4H3,(H,91,92)(H,93,94)/b13-9-,14-10-,15-11-,25-21-,26-22-,27-23-,36-33-,37-34-,41-39-,42-35-,46-43-,50-47-,56-52-,57-53-. The topological polar surface area (TPSA) is 237 Å². The van der Waals surface area contributed by atoms with Crippen LogP contribution in [0.1, 0.15) is 285 Å². The van der Waals surface area contributed by atoms with Crippen LogP contribution in [0.3, 0.4) is 0 Å². The van der Waals surface area contributed by atoms with Crippen molar-refractivity contribution in [3.05, 3.63) is 170 Å². The third kappa shape index (κ3) is 74.7. The Hall–Kier alpha value is -5.58. The van der Waals surface area contributed by atoms with Gasteiger partial charge in [-0.15, -0.1) is 0 Å². The maximum absolute atomic E-state index is 13.1. The van der Waals surface area contributed by atoms with E-state index in [1.807, 2.05) is 12.2 Å². The lowest BCUT2D eigenvalue weighted by molar-refractivity contribution is -0.161. The molecule has 0 spiro atoms. The van der Waals surface area contributed by atoms with Gasteiger partial charge in [-0.2, -0.15) is 0 Å². The number of allylic oxidation sites excluding steroid dienone is 28. The first-order valence-electron chi connectivity index (χ1n) is 39.4. The van der Waals surface area contributed by atoms with Crippen LogP contribution in [0.15, 0.2) is 170 Å². The first-order valence-corrected chi connectivity index (χ1v) is 42.4. The number of aliphatic hydroxyl groups excluding tert-OH is 1. The van der Waals surface area contributed by atoms with Crippen LogP contribution in [0.2, 0.25) is 0 Å². The number of phosphoric ester groups is 2. The number of unbranched alkanes of at least 4 members (excludes halogenated alkanes) is 18. The average molecular weight is 1490 g/mol. The van der Waals surface area contributed by atoms with E-state index in [1.165, 1.54) is 51.4 Å². The van der Waals surface area contributed by atoms with E-state index in [2.05, 4.69) is 186 Å². The molecule has 0 bridgehead atoms. The van der Waals surface area contributed by atoms with Crippen molar-refractivity contribution < 1.29 is 80.2 Å². The molecule has 5 unspecified atom stereocenters. The molecular weight excluding hydrogens is 1350 g/mol. The van der Waals surface area contributed by atoms with Gasteiger partial charge < -0.3 is 33.8 Å². The molecular formula is C85H138O17P2. The van der Waals surface area contributed by atoms with Gasteiger partial charge in [-0.1, -0.05) is 281 Å². The number of esters is 4. The Morgan fingerprint density at radius 2 is 0.510 bits per heavy atom. The second kappa shape index (κ2) is 75.6. The number of carbonyl (C=O) groups excluding carboxylic acids is 4. The molecule has 0 radical (unpaired) electrons. The summed E-state index contributed by atoms with van der Waals surface area (Å²) in [7, 11) is -10.0. The summed E-state index contributed by atoms with van der Waals surface area (Å²) in [6.07, 6.45) is 89.2. The third-order valence-corrected chi connectivity index (χ3v) is 17.6. The number of rotatable bonds is 72. The van der Waals surface area contributed by atoms with Crippen molar-refractivity contribution in [2.24, 2.45) is 0 Å². The van der Waals surface area contributed by atoms with Crippen molar-refractivity contribution in [1.82, 2.24) is 0 Å². The maximum atomic E-state index is 13.1. The molecule has 0 aliphatic carbocycles. The largest absolute Gasteiger partial charge is 0.472 e. The Labute approximate surface area is 629 Å². The summed E-state index contributed by atoms with van der Waals surface area (Å²) in [6, 6.07) is 0. The molecule has 104 heavy (non-hydrogen) atoms. The molecule has 0 saturated heterocycles. The minimum Gasteiger partial charge on any atom is -0.462 e. The van der Waals surface area contributed by atoms with E-state index in [1.54, 1.807) is 0 Å². The monoisotopic (exact) mass is 1490 g/mol. The second-order valence-electron chi connectivity index (χ2n) is 25.5. The minimum atomic E-state index is -5.01. The van der Waals surface area contributed by atoms with Crippen LogP contribution in [0.4, 0.5) is 0 Å². The first-order chi connectivity index (χ1) is 50.7. The number of carbonyl (C=O) groups is 4. The molecule has 17 nitrogen and oxygen atoms in total. The van der Waals surface area contributed by atoms with E-state index in [0.29, 0.717) is 38.5 Å². The zero-order valence-corrected chi connectivity index (χ0v) is 66.2. The van der Waals surface area contributed by atoms with Gasteiger partial charge >= 0.3 is 39.5 Å². The highest BCUT2D eigenvalue weighted by molar-refractivity contribution is 7.47. The summed E-state index contributed by atoms with van der Waals surface area (Å²) in [5.74, 6) is -2.34. The average Bonchev–Trinajstić information content (AvgIpc) is 0.939.